The second-order valence-corrected chi connectivity index (χ2v) is 4.81. The van der Waals surface area contributed by atoms with Crippen molar-refractivity contribution in [2.24, 2.45) is 0 Å². The van der Waals surface area contributed by atoms with Gasteiger partial charge in [0.2, 0.25) is 5.91 Å². The first-order chi connectivity index (χ1) is 8.85. The van der Waals surface area contributed by atoms with Crippen LogP contribution in [0.25, 0.3) is 0 Å². The van der Waals surface area contributed by atoms with Crippen LogP contribution in [0.3, 0.4) is 0 Å². The van der Waals surface area contributed by atoms with Crippen molar-refractivity contribution in [2.45, 2.75) is 26.4 Å². The Hall–Kier alpha value is -1.34. The van der Waals surface area contributed by atoms with Crippen molar-refractivity contribution >= 4 is 12.0 Å². The smallest absolute Gasteiger partial charge is 0.408 e. The molecule has 0 aromatic carbocycles. The highest BCUT2D eigenvalue weighted by Gasteiger charge is 2.16. The number of amides is 2. The van der Waals surface area contributed by atoms with Crippen molar-refractivity contribution in [1.82, 2.24) is 10.6 Å². The van der Waals surface area contributed by atoms with E-state index in [-0.39, 0.29) is 12.5 Å². The third-order valence-electron chi connectivity index (χ3n) is 1.79. The lowest BCUT2D eigenvalue weighted by atomic mass is 10.2. The molecule has 0 unspecified atom stereocenters. The van der Waals surface area contributed by atoms with Crippen LogP contribution in [0.4, 0.5) is 4.79 Å². The molecule has 0 aliphatic rings. The normalized spacial score (nSPS) is 10.9. The average Bonchev–Trinajstić information content (AvgIpc) is 2.29. The molecule has 2 N–H and O–H groups in total. The van der Waals surface area contributed by atoms with Crippen LogP contribution in [-0.2, 0) is 19.0 Å². The van der Waals surface area contributed by atoms with E-state index in [1.54, 1.807) is 27.9 Å². The second kappa shape index (κ2) is 9.57. The summed E-state index contributed by atoms with van der Waals surface area (Å²) in [5, 5.41) is 4.97. The Kier molecular flexibility index (Phi) is 8.90. The molecule has 0 bridgehead atoms. The Bertz CT molecular complexity index is 276. The standard InChI is InChI=1S/C12H24N2O5/c1-12(2,3)19-11(16)14-9-10(15)13-5-6-18-8-7-17-4/h5-9H2,1-4H3,(H,13,15)(H,14,16). The van der Waals surface area contributed by atoms with Gasteiger partial charge in [-0.15, -0.1) is 0 Å². The Morgan fingerprint density at radius 1 is 1.05 bits per heavy atom. The number of ether oxygens (including phenoxy) is 3. The van der Waals surface area contributed by atoms with E-state index in [2.05, 4.69) is 10.6 Å². The SMILES string of the molecule is COCCOCCNC(=O)CNC(=O)OC(C)(C)C. The molecule has 0 aliphatic heterocycles. The van der Waals surface area contributed by atoms with Crippen LogP contribution in [0, 0.1) is 0 Å². The quantitative estimate of drug-likeness (QED) is 0.622. The maximum Gasteiger partial charge on any atom is 0.408 e. The van der Waals surface area contributed by atoms with E-state index in [9.17, 15) is 9.59 Å². The highest BCUT2D eigenvalue weighted by Crippen LogP contribution is 2.05. The molecule has 0 fully saturated rings. The van der Waals surface area contributed by atoms with Crippen LogP contribution in [0.15, 0.2) is 0 Å². The van der Waals surface area contributed by atoms with Crippen LogP contribution >= 0.6 is 0 Å². The number of methoxy groups -OCH3 is 1. The van der Waals surface area contributed by atoms with Crippen molar-refractivity contribution in [2.75, 3.05) is 40.0 Å². The van der Waals surface area contributed by atoms with Gasteiger partial charge in [-0.05, 0) is 20.8 Å². The third-order valence-corrected chi connectivity index (χ3v) is 1.79. The minimum Gasteiger partial charge on any atom is -0.444 e. The average molecular weight is 276 g/mol. The van der Waals surface area contributed by atoms with Crippen molar-refractivity contribution in [3.8, 4) is 0 Å². The molecule has 0 atom stereocenters. The Morgan fingerprint density at radius 3 is 2.32 bits per heavy atom. The first-order valence-electron chi connectivity index (χ1n) is 6.15. The minimum atomic E-state index is -0.612. The van der Waals surface area contributed by atoms with Gasteiger partial charge >= 0.3 is 6.09 Å². The van der Waals surface area contributed by atoms with E-state index in [1.165, 1.54) is 0 Å². The van der Waals surface area contributed by atoms with Crippen molar-refractivity contribution < 1.29 is 23.8 Å². The van der Waals surface area contributed by atoms with Crippen LogP contribution in [0.1, 0.15) is 20.8 Å². The molecule has 0 saturated carbocycles. The van der Waals surface area contributed by atoms with E-state index >= 15 is 0 Å². The summed E-state index contributed by atoms with van der Waals surface area (Å²) in [6.45, 7) is 6.95. The predicted molar refractivity (Wildman–Crippen MR) is 69.9 cm³/mol. The molecule has 0 saturated heterocycles. The van der Waals surface area contributed by atoms with Gasteiger partial charge in [0.15, 0.2) is 0 Å². The number of carbonyl (C=O) groups excluding carboxylic acids is 2. The van der Waals surface area contributed by atoms with Crippen LogP contribution in [-0.4, -0.2) is 57.6 Å². The zero-order valence-electron chi connectivity index (χ0n) is 12.1. The number of hydrogen-bond donors (Lipinski definition) is 2. The summed E-state index contributed by atoms with van der Waals surface area (Å²) >= 11 is 0. The summed E-state index contributed by atoms with van der Waals surface area (Å²) in [6, 6.07) is 0. The molecule has 0 spiro atoms. The topological polar surface area (TPSA) is 85.9 Å². The number of alkyl carbamates (subject to hydrolysis) is 1. The summed E-state index contributed by atoms with van der Waals surface area (Å²) in [4.78, 5) is 22.6. The maximum absolute atomic E-state index is 11.3. The van der Waals surface area contributed by atoms with E-state index < -0.39 is 11.7 Å². The Morgan fingerprint density at radius 2 is 1.74 bits per heavy atom. The number of hydrogen-bond acceptors (Lipinski definition) is 5. The molecular formula is C12H24N2O5. The van der Waals surface area contributed by atoms with Crippen LogP contribution < -0.4 is 10.6 Å². The summed E-state index contributed by atoms with van der Waals surface area (Å²) in [6.07, 6.45) is -0.612. The second-order valence-electron chi connectivity index (χ2n) is 4.81. The van der Waals surface area contributed by atoms with Gasteiger partial charge in [0.25, 0.3) is 0 Å². The first kappa shape index (κ1) is 17.7. The van der Waals surface area contributed by atoms with Gasteiger partial charge < -0.3 is 24.8 Å². The first-order valence-corrected chi connectivity index (χ1v) is 6.15. The molecule has 0 rings (SSSR count). The third kappa shape index (κ3) is 12.9. The number of carbonyl (C=O) groups is 2. The van der Waals surface area contributed by atoms with Gasteiger partial charge in [-0.3, -0.25) is 4.79 Å². The Balaban J connectivity index is 3.52. The molecule has 0 radical (unpaired) electrons. The molecule has 7 heteroatoms. The predicted octanol–water partition coefficient (Wildman–Crippen LogP) is 0.290. The molecule has 0 aliphatic carbocycles. The lowest BCUT2D eigenvalue weighted by Crippen LogP contribution is -2.40. The van der Waals surface area contributed by atoms with E-state index in [0.717, 1.165) is 0 Å². The minimum absolute atomic E-state index is 0.118. The summed E-state index contributed by atoms with van der Waals surface area (Å²) < 4.78 is 15.0. The molecule has 0 aromatic heterocycles. The highest BCUT2D eigenvalue weighted by molar-refractivity contribution is 5.82. The van der Waals surface area contributed by atoms with E-state index in [1.807, 2.05) is 0 Å². The number of nitrogens with one attached hydrogen (secondary N) is 2. The number of rotatable bonds is 8. The fourth-order valence-corrected chi connectivity index (χ4v) is 1.04. The van der Waals surface area contributed by atoms with Gasteiger partial charge in [-0.25, -0.2) is 4.79 Å². The van der Waals surface area contributed by atoms with Gasteiger partial charge in [0.1, 0.15) is 5.60 Å². The fraction of sp³-hybridized carbons (Fsp3) is 0.833. The summed E-state index contributed by atoms with van der Waals surface area (Å²) in [5.41, 5.74) is -0.574. The molecule has 2 amide bonds. The van der Waals surface area contributed by atoms with Crippen molar-refractivity contribution in [3.63, 3.8) is 0 Å². The Labute approximate surface area is 114 Å². The summed E-state index contributed by atoms with van der Waals surface area (Å²) in [5.74, 6) is -0.291. The molecule has 112 valence electrons. The monoisotopic (exact) mass is 276 g/mol. The highest BCUT2D eigenvalue weighted by atomic mass is 16.6. The lowest BCUT2D eigenvalue weighted by Gasteiger charge is -2.19. The van der Waals surface area contributed by atoms with Crippen molar-refractivity contribution in [3.05, 3.63) is 0 Å². The molecule has 19 heavy (non-hydrogen) atoms. The molecule has 0 aromatic rings. The zero-order valence-corrected chi connectivity index (χ0v) is 12.1. The lowest BCUT2D eigenvalue weighted by molar-refractivity contribution is -0.120. The van der Waals surface area contributed by atoms with Crippen LogP contribution in [0.5, 0.6) is 0 Å². The van der Waals surface area contributed by atoms with E-state index in [4.69, 9.17) is 14.2 Å². The van der Waals surface area contributed by atoms with Crippen LogP contribution in [0.2, 0.25) is 0 Å². The van der Waals surface area contributed by atoms with Crippen molar-refractivity contribution in [1.29, 1.82) is 0 Å². The molecule has 7 nitrogen and oxygen atoms in total. The van der Waals surface area contributed by atoms with Gasteiger partial charge in [0.05, 0.1) is 26.4 Å². The van der Waals surface area contributed by atoms with Gasteiger partial charge in [0, 0.05) is 13.7 Å². The molecular weight excluding hydrogens is 252 g/mol. The van der Waals surface area contributed by atoms with Gasteiger partial charge in [-0.2, -0.15) is 0 Å². The largest absolute Gasteiger partial charge is 0.444 e. The van der Waals surface area contributed by atoms with Gasteiger partial charge in [-0.1, -0.05) is 0 Å². The zero-order chi connectivity index (χ0) is 14.7. The summed E-state index contributed by atoms with van der Waals surface area (Å²) in [7, 11) is 1.59. The van der Waals surface area contributed by atoms with E-state index in [0.29, 0.717) is 26.4 Å². The fourth-order valence-electron chi connectivity index (χ4n) is 1.04. The molecule has 0 heterocycles. The maximum atomic E-state index is 11.3.